The maximum atomic E-state index is 11.8. The Morgan fingerprint density at radius 3 is 2.69 bits per heavy atom. The highest BCUT2D eigenvalue weighted by Crippen LogP contribution is 2.15. The Balaban J connectivity index is 2.61. The van der Waals surface area contributed by atoms with Crippen LogP contribution in [0.25, 0.3) is 0 Å². The number of hydrogen-bond acceptors (Lipinski definition) is 3. The van der Waals surface area contributed by atoms with E-state index in [1.165, 1.54) is 18.7 Å². The Hall–Kier alpha value is -0.870. The van der Waals surface area contributed by atoms with Crippen molar-refractivity contribution < 1.29 is 9.90 Å². The molecule has 3 nitrogen and oxygen atoms in total. The van der Waals surface area contributed by atoms with Gasteiger partial charge in [-0.15, -0.1) is 11.3 Å². The molecular weight excluding hydrogens is 222 g/mol. The Bertz CT molecular complexity index is 340. The first-order valence-corrected chi connectivity index (χ1v) is 6.22. The van der Waals surface area contributed by atoms with Crippen molar-refractivity contribution in [3.63, 3.8) is 0 Å². The lowest BCUT2D eigenvalue weighted by atomic mass is 10.1. The fourth-order valence-electron chi connectivity index (χ4n) is 1.49. The average molecular weight is 241 g/mol. The molecule has 0 radical (unpaired) electrons. The quantitative estimate of drug-likeness (QED) is 0.874. The van der Waals surface area contributed by atoms with Gasteiger partial charge in [0.2, 0.25) is 0 Å². The van der Waals surface area contributed by atoms with Crippen LogP contribution in [0.15, 0.2) is 17.5 Å². The molecule has 0 saturated carbocycles. The molecule has 0 spiro atoms. The number of carbonyl (C=O) groups excluding carboxylic acids is 1. The van der Waals surface area contributed by atoms with Gasteiger partial charge in [0.05, 0.1) is 0 Å². The normalized spacial score (nSPS) is 13.6. The van der Waals surface area contributed by atoms with Gasteiger partial charge in [-0.2, -0.15) is 0 Å². The molecule has 0 bridgehead atoms. The number of thiophene rings is 1. The van der Waals surface area contributed by atoms with Crippen molar-refractivity contribution in [3.05, 3.63) is 22.4 Å². The monoisotopic (exact) mass is 241 g/mol. The predicted molar refractivity (Wildman–Crippen MR) is 66.6 cm³/mol. The lowest BCUT2D eigenvalue weighted by molar-refractivity contribution is -0.148. The molecule has 1 rings (SSSR count). The summed E-state index contributed by atoms with van der Waals surface area (Å²) in [5.41, 5.74) is -1.29. The molecule has 1 N–H and O–H groups in total. The molecule has 1 amide bonds. The SMILES string of the molecule is CC(Cc1cccs1)N(C)C(=O)C(C)(C)O. The fourth-order valence-corrected chi connectivity index (χ4v) is 2.32. The molecule has 1 aromatic heterocycles. The van der Waals surface area contributed by atoms with Crippen LogP contribution in [0.1, 0.15) is 25.6 Å². The van der Waals surface area contributed by atoms with Crippen LogP contribution in [0.4, 0.5) is 0 Å². The summed E-state index contributed by atoms with van der Waals surface area (Å²) in [5, 5.41) is 11.7. The Labute approximate surface area is 101 Å². The molecule has 1 atom stereocenters. The molecule has 0 aliphatic carbocycles. The van der Waals surface area contributed by atoms with Gasteiger partial charge in [-0.1, -0.05) is 6.07 Å². The Morgan fingerprint density at radius 1 is 1.62 bits per heavy atom. The van der Waals surface area contributed by atoms with E-state index in [2.05, 4.69) is 6.07 Å². The summed E-state index contributed by atoms with van der Waals surface area (Å²) < 4.78 is 0. The lowest BCUT2D eigenvalue weighted by Gasteiger charge is -2.30. The summed E-state index contributed by atoms with van der Waals surface area (Å²) in [4.78, 5) is 14.7. The van der Waals surface area contributed by atoms with E-state index >= 15 is 0 Å². The van der Waals surface area contributed by atoms with Crippen LogP contribution in [0.5, 0.6) is 0 Å². The summed E-state index contributed by atoms with van der Waals surface area (Å²) in [6.45, 7) is 5.02. The van der Waals surface area contributed by atoms with E-state index in [9.17, 15) is 9.90 Å². The van der Waals surface area contributed by atoms with E-state index in [0.29, 0.717) is 0 Å². The van der Waals surface area contributed by atoms with E-state index in [1.807, 2.05) is 18.4 Å². The first-order chi connectivity index (χ1) is 7.32. The van der Waals surface area contributed by atoms with Crippen molar-refractivity contribution in [3.8, 4) is 0 Å². The molecule has 16 heavy (non-hydrogen) atoms. The molecule has 0 saturated heterocycles. The largest absolute Gasteiger partial charge is 0.381 e. The molecule has 90 valence electrons. The second-order valence-corrected chi connectivity index (χ2v) is 5.64. The van der Waals surface area contributed by atoms with Crippen LogP contribution in [-0.4, -0.2) is 34.6 Å². The van der Waals surface area contributed by atoms with Crippen LogP contribution < -0.4 is 0 Å². The molecule has 0 aliphatic heterocycles. The summed E-state index contributed by atoms with van der Waals surface area (Å²) in [6.07, 6.45) is 0.829. The average Bonchev–Trinajstić information content (AvgIpc) is 2.66. The lowest BCUT2D eigenvalue weighted by Crippen LogP contribution is -2.47. The maximum Gasteiger partial charge on any atom is 0.253 e. The minimum absolute atomic E-state index is 0.0950. The third kappa shape index (κ3) is 3.32. The van der Waals surface area contributed by atoms with Crippen LogP contribution in [0.2, 0.25) is 0 Å². The second-order valence-electron chi connectivity index (χ2n) is 4.61. The molecule has 1 heterocycles. The van der Waals surface area contributed by atoms with Crippen LogP contribution in [0, 0.1) is 0 Å². The number of hydrogen-bond donors (Lipinski definition) is 1. The summed E-state index contributed by atoms with van der Waals surface area (Å²) in [6, 6.07) is 4.16. The van der Waals surface area contributed by atoms with Crippen molar-refractivity contribution in [2.45, 2.75) is 38.8 Å². The minimum atomic E-state index is -1.29. The highest BCUT2D eigenvalue weighted by Gasteiger charge is 2.29. The van der Waals surface area contributed by atoms with Crippen LogP contribution in [0.3, 0.4) is 0 Å². The second kappa shape index (κ2) is 4.97. The Morgan fingerprint density at radius 2 is 2.25 bits per heavy atom. The van der Waals surface area contributed by atoms with Crippen LogP contribution in [-0.2, 0) is 11.2 Å². The zero-order valence-electron chi connectivity index (χ0n) is 10.2. The third-order valence-corrected chi connectivity index (χ3v) is 3.48. The molecule has 4 heteroatoms. The summed E-state index contributed by atoms with van der Waals surface area (Å²) >= 11 is 1.69. The molecule has 1 aromatic rings. The standard InChI is InChI=1S/C12H19NO2S/c1-9(8-10-6-5-7-16-10)13(4)11(14)12(2,3)15/h5-7,9,15H,8H2,1-4H3. The topological polar surface area (TPSA) is 40.5 Å². The summed E-state index contributed by atoms with van der Waals surface area (Å²) in [7, 11) is 1.73. The highest BCUT2D eigenvalue weighted by atomic mass is 32.1. The van der Waals surface area contributed by atoms with Gasteiger partial charge in [0.1, 0.15) is 5.60 Å². The van der Waals surface area contributed by atoms with Crippen molar-refractivity contribution in [2.24, 2.45) is 0 Å². The van der Waals surface area contributed by atoms with Crippen LogP contribution >= 0.6 is 11.3 Å². The zero-order chi connectivity index (χ0) is 12.3. The molecule has 0 aromatic carbocycles. The van der Waals surface area contributed by atoms with Gasteiger partial charge in [-0.25, -0.2) is 0 Å². The van der Waals surface area contributed by atoms with Crippen molar-refractivity contribution in [2.75, 3.05) is 7.05 Å². The first-order valence-electron chi connectivity index (χ1n) is 5.34. The van der Waals surface area contributed by atoms with E-state index in [4.69, 9.17) is 0 Å². The van der Waals surface area contributed by atoms with Crippen molar-refractivity contribution >= 4 is 17.2 Å². The van der Waals surface area contributed by atoms with Crippen molar-refractivity contribution in [1.29, 1.82) is 0 Å². The number of carbonyl (C=O) groups is 1. The zero-order valence-corrected chi connectivity index (χ0v) is 11.0. The van der Waals surface area contributed by atoms with E-state index in [0.717, 1.165) is 6.42 Å². The van der Waals surface area contributed by atoms with Gasteiger partial charge >= 0.3 is 0 Å². The molecular formula is C12H19NO2S. The highest BCUT2D eigenvalue weighted by molar-refractivity contribution is 7.09. The number of amides is 1. The van der Waals surface area contributed by atoms with Gasteiger partial charge < -0.3 is 10.0 Å². The van der Waals surface area contributed by atoms with Gasteiger partial charge in [0.25, 0.3) is 5.91 Å². The summed E-state index contributed by atoms with van der Waals surface area (Å²) in [5.74, 6) is -0.239. The smallest absolute Gasteiger partial charge is 0.253 e. The molecule has 0 fully saturated rings. The predicted octanol–water partition coefficient (Wildman–Crippen LogP) is 1.91. The van der Waals surface area contributed by atoms with Crippen molar-refractivity contribution in [1.82, 2.24) is 4.90 Å². The minimum Gasteiger partial charge on any atom is -0.381 e. The van der Waals surface area contributed by atoms with Gasteiger partial charge in [0.15, 0.2) is 0 Å². The van der Waals surface area contributed by atoms with Gasteiger partial charge in [-0.05, 0) is 32.2 Å². The molecule has 0 aliphatic rings. The van der Waals surface area contributed by atoms with Gasteiger partial charge in [0, 0.05) is 24.4 Å². The first kappa shape index (κ1) is 13.2. The third-order valence-electron chi connectivity index (χ3n) is 2.58. The fraction of sp³-hybridized carbons (Fsp3) is 0.583. The van der Waals surface area contributed by atoms with E-state index in [-0.39, 0.29) is 11.9 Å². The molecule has 1 unspecified atom stereocenters. The van der Waals surface area contributed by atoms with Gasteiger partial charge in [-0.3, -0.25) is 4.79 Å². The number of nitrogens with zero attached hydrogens (tertiary/aromatic N) is 1. The van der Waals surface area contributed by atoms with E-state index in [1.54, 1.807) is 23.3 Å². The number of aliphatic hydroxyl groups is 1. The van der Waals surface area contributed by atoms with E-state index < -0.39 is 5.60 Å². The number of rotatable bonds is 4. The Kier molecular flexibility index (Phi) is 4.10. The maximum absolute atomic E-state index is 11.8. The number of likely N-dealkylation sites (N-methyl/N-ethyl adjacent to an activating group) is 1.